The van der Waals surface area contributed by atoms with E-state index in [9.17, 15) is 10.4 Å². The molecule has 0 heterocycles. The molecule has 0 bridgehead atoms. The maximum Gasteiger partial charge on any atom is 0.0860 e. The molecule has 2 saturated carbocycles. The lowest BCUT2D eigenvalue weighted by Crippen LogP contribution is -2.53. The summed E-state index contributed by atoms with van der Waals surface area (Å²) in [5.41, 5.74) is -1.06. The van der Waals surface area contributed by atoms with Gasteiger partial charge in [0, 0.05) is 0 Å². The second kappa shape index (κ2) is 3.24. The summed E-state index contributed by atoms with van der Waals surface area (Å²) >= 11 is 0. The quantitative estimate of drug-likeness (QED) is 0.695. The molecule has 0 amide bonds. The van der Waals surface area contributed by atoms with Gasteiger partial charge >= 0.3 is 0 Å². The Balaban J connectivity index is 2.18. The smallest absolute Gasteiger partial charge is 0.0860 e. The molecule has 2 rings (SSSR count). The number of hydrogen-bond acceptors (Lipinski definition) is 2. The minimum absolute atomic E-state index is 0.387. The van der Waals surface area contributed by atoms with Gasteiger partial charge in [0.1, 0.15) is 0 Å². The van der Waals surface area contributed by atoms with Crippen LogP contribution in [0.2, 0.25) is 0 Å². The van der Waals surface area contributed by atoms with E-state index in [0.29, 0.717) is 5.92 Å². The molecule has 0 aromatic heterocycles. The molecule has 0 radical (unpaired) electrons. The van der Waals surface area contributed by atoms with Gasteiger partial charge in [-0.15, -0.1) is 0 Å². The lowest BCUT2D eigenvalue weighted by atomic mass is 9.54. The molecule has 0 spiro atoms. The van der Waals surface area contributed by atoms with E-state index in [1.807, 2.05) is 0 Å². The fourth-order valence-electron chi connectivity index (χ4n) is 3.17. The molecule has 14 heavy (non-hydrogen) atoms. The molecular weight excluding hydrogens is 174 g/mol. The summed E-state index contributed by atoms with van der Waals surface area (Å²) in [6.45, 7) is 2.19. The van der Waals surface area contributed by atoms with Gasteiger partial charge in [-0.25, -0.2) is 0 Å². The molecular formula is C12H19NO. The van der Waals surface area contributed by atoms with E-state index in [-0.39, 0.29) is 5.41 Å². The molecule has 0 saturated heterocycles. The molecule has 0 aromatic carbocycles. The van der Waals surface area contributed by atoms with Crippen molar-refractivity contribution in [2.45, 2.75) is 57.5 Å². The van der Waals surface area contributed by atoms with E-state index < -0.39 is 5.60 Å². The van der Waals surface area contributed by atoms with Gasteiger partial charge in [0.15, 0.2) is 0 Å². The van der Waals surface area contributed by atoms with Crippen molar-refractivity contribution in [2.24, 2.45) is 11.3 Å². The Hall–Kier alpha value is -0.550. The van der Waals surface area contributed by atoms with Gasteiger partial charge in [-0.1, -0.05) is 26.2 Å². The first-order valence-corrected chi connectivity index (χ1v) is 5.76. The van der Waals surface area contributed by atoms with Gasteiger partial charge < -0.3 is 5.11 Å². The largest absolute Gasteiger partial charge is 0.388 e. The molecule has 0 aliphatic heterocycles. The predicted molar refractivity (Wildman–Crippen MR) is 54.5 cm³/mol. The van der Waals surface area contributed by atoms with Crippen LogP contribution in [0.25, 0.3) is 0 Å². The van der Waals surface area contributed by atoms with Crippen LogP contribution in [-0.2, 0) is 0 Å². The van der Waals surface area contributed by atoms with Crippen molar-refractivity contribution in [1.29, 1.82) is 5.26 Å². The topological polar surface area (TPSA) is 44.0 Å². The van der Waals surface area contributed by atoms with Crippen LogP contribution in [0.1, 0.15) is 51.9 Å². The van der Waals surface area contributed by atoms with Gasteiger partial charge in [0.25, 0.3) is 0 Å². The van der Waals surface area contributed by atoms with Crippen molar-refractivity contribution in [1.82, 2.24) is 0 Å². The second-order valence-corrected chi connectivity index (χ2v) is 5.28. The highest BCUT2D eigenvalue weighted by Gasteiger charge is 2.55. The summed E-state index contributed by atoms with van der Waals surface area (Å²) in [7, 11) is 0. The fraction of sp³-hybridized carbons (Fsp3) is 0.917. The number of nitrogens with zero attached hydrogens (tertiary/aromatic N) is 1. The van der Waals surface area contributed by atoms with Crippen LogP contribution in [0.5, 0.6) is 0 Å². The van der Waals surface area contributed by atoms with Gasteiger partial charge in [0.2, 0.25) is 0 Å². The van der Waals surface area contributed by atoms with Crippen LogP contribution in [-0.4, -0.2) is 10.7 Å². The van der Waals surface area contributed by atoms with E-state index >= 15 is 0 Å². The van der Waals surface area contributed by atoms with E-state index in [1.54, 1.807) is 0 Å². The number of hydrogen-bond donors (Lipinski definition) is 1. The Kier molecular flexibility index (Phi) is 2.31. The maximum atomic E-state index is 10.6. The molecule has 2 fully saturated rings. The SMILES string of the molecule is CC1CCCC(O)(C2(C#N)CCC2)C1. The van der Waals surface area contributed by atoms with Crippen LogP contribution in [0.3, 0.4) is 0 Å². The monoisotopic (exact) mass is 193 g/mol. The Labute approximate surface area is 85.9 Å². The lowest BCUT2D eigenvalue weighted by Gasteiger charge is -2.51. The first-order chi connectivity index (χ1) is 6.62. The van der Waals surface area contributed by atoms with Gasteiger partial charge in [-0.05, 0) is 31.6 Å². The third-order valence-electron chi connectivity index (χ3n) is 4.29. The van der Waals surface area contributed by atoms with Crippen LogP contribution >= 0.6 is 0 Å². The molecule has 2 nitrogen and oxygen atoms in total. The Morgan fingerprint density at radius 3 is 2.43 bits per heavy atom. The van der Waals surface area contributed by atoms with Crippen LogP contribution in [0.15, 0.2) is 0 Å². The zero-order valence-corrected chi connectivity index (χ0v) is 8.92. The standard InChI is InChI=1S/C12H19NO/c1-10-4-2-7-12(14,8-10)11(9-13)5-3-6-11/h10,14H,2-8H2,1H3. The zero-order chi connectivity index (χ0) is 10.2. The molecule has 0 aromatic rings. The third kappa shape index (κ3) is 1.26. The summed E-state index contributed by atoms with van der Waals surface area (Å²) in [5.74, 6) is 0.583. The highest BCUT2D eigenvalue weighted by molar-refractivity contribution is 5.16. The normalized spacial score (nSPS) is 41.1. The molecule has 2 atom stereocenters. The average molecular weight is 193 g/mol. The van der Waals surface area contributed by atoms with Crippen molar-refractivity contribution >= 4 is 0 Å². The summed E-state index contributed by atoms with van der Waals surface area (Å²) in [4.78, 5) is 0. The molecule has 2 aliphatic carbocycles. The van der Waals surface area contributed by atoms with Gasteiger partial charge in [-0.2, -0.15) is 5.26 Å². The first kappa shape index (κ1) is 9.98. The number of nitriles is 1. The molecule has 2 unspecified atom stereocenters. The number of aliphatic hydroxyl groups is 1. The Bertz CT molecular complexity index is 264. The van der Waals surface area contributed by atoms with Gasteiger partial charge in [-0.3, -0.25) is 0 Å². The first-order valence-electron chi connectivity index (χ1n) is 5.76. The molecule has 2 heteroatoms. The number of rotatable bonds is 1. The lowest BCUT2D eigenvalue weighted by molar-refractivity contribution is -0.126. The van der Waals surface area contributed by atoms with Crippen LogP contribution < -0.4 is 0 Å². The van der Waals surface area contributed by atoms with E-state index in [4.69, 9.17) is 0 Å². The predicted octanol–water partition coefficient (Wildman–Crippen LogP) is 2.62. The second-order valence-electron chi connectivity index (χ2n) is 5.28. The van der Waals surface area contributed by atoms with E-state index in [2.05, 4.69) is 13.0 Å². The van der Waals surface area contributed by atoms with Crippen molar-refractivity contribution in [3.63, 3.8) is 0 Å². The molecule has 2 aliphatic rings. The Morgan fingerprint density at radius 2 is 2.00 bits per heavy atom. The Morgan fingerprint density at radius 1 is 1.29 bits per heavy atom. The zero-order valence-electron chi connectivity index (χ0n) is 8.92. The summed E-state index contributed by atoms with van der Waals surface area (Å²) < 4.78 is 0. The summed E-state index contributed by atoms with van der Waals surface area (Å²) in [6, 6.07) is 2.40. The maximum absolute atomic E-state index is 10.6. The van der Waals surface area contributed by atoms with Crippen molar-refractivity contribution in [2.75, 3.05) is 0 Å². The molecule has 78 valence electrons. The highest BCUT2D eigenvalue weighted by atomic mass is 16.3. The fourth-order valence-corrected chi connectivity index (χ4v) is 3.17. The van der Waals surface area contributed by atoms with Crippen molar-refractivity contribution in [3.05, 3.63) is 0 Å². The van der Waals surface area contributed by atoms with Crippen molar-refractivity contribution in [3.8, 4) is 6.07 Å². The van der Waals surface area contributed by atoms with E-state index in [1.165, 1.54) is 6.42 Å². The third-order valence-corrected chi connectivity index (χ3v) is 4.29. The van der Waals surface area contributed by atoms with Gasteiger partial charge in [0.05, 0.1) is 17.1 Å². The van der Waals surface area contributed by atoms with E-state index in [0.717, 1.165) is 38.5 Å². The molecule has 1 N–H and O–H groups in total. The minimum Gasteiger partial charge on any atom is -0.388 e. The van der Waals surface area contributed by atoms with Crippen LogP contribution in [0, 0.1) is 22.7 Å². The highest BCUT2D eigenvalue weighted by Crippen LogP contribution is 2.54. The van der Waals surface area contributed by atoms with Crippen LogP contribution in [0.4, 0.5) is 0 Å². The minimum atomic E-state index is -0.669. The summed E-state index contributed by atoms with van der Waals surface area (Å²) in [5, 5.41) is 19.8. The summed E-state index contributed by atoms with van der Waals surface area (Å²) in [6.07, 6.45) is 6.90. The average Bonchev–Trinajstić information content (AvgIpc) is 2.01. The van der Waals surface area contributed by atoms with Crippen molar-refractivity contribution < 1.29 is 5.11 Å².